The summed E-state index contributed by atoms with van der Waals surface area (Å²) < 4.78 is 34.0. The van der Waals surface area contributed by atoms with Crippen molar-refractivity contribution in [3.63, 3.8) is 0 Å². The van der Waals surface area contributed by atoms with E-state index in [4.69, 9.17) is 4.74 Å². The largest absolute Gasteiger partial charge is 0.379 e. The van der Waals surface area contributed by atoms with Crippen molar-refractivity contribution in [2.24, 2.45) is 0 Å². The molecule has 2 aliphatic heterocycles. The van der Waals surface area contributed by atoms with Gasteiger partial charge in [-0.2, -0.15) is 0 Å². The molecule has 0 aliphatic carbocycles. The lowest BCUT2D eigenvalue weighted by molar-refractivity contribution is -0.140. The van der Waals surface area contributed by atoms with Gasteiger partial charge in [-0.25, -0.2) is 13.1 Å². The second-order valence-corrected chi connectivity index (χ2v) is 11.0. The third kappa shape index (κ3) is 5.97. The molecule has 1 N–H and O–H groups in total. The van der Waals surface area contributed by atoms with Crippen LogP contribution in [-0.4, -0.2) is 101 Å². The Morgan fingerprint density at radius 1 is 0.765 bits per heavy atom. The van der Waals surface area contributed by atoms with Gasteiger partial charge in [0.25, 0.3) is 0 Å². The fourth-order valence-electron chi connectivity index (χ4n) is 4.65. The number of hydrogen-bond donors (Lipinski definition) is 1. The van der Waals surface area contributed by atoms with E-state index in [9.17, 15) is 18.0 Å². The second kappa shape index (κ2) is 11.2. The topological polar surface area (TPSA) is 99.3 Å². The van der Waals surface area contributed by atoms with E-state index in [0.717, 1.165) is 40.9 Å². The summed E-state index contributed by atoms with van der Waals surface area (Å²) in [5, 5.41) is 0. The maximum atomic E-state index is 13.0. The van der Waals surface area contributed by atoms with E-state index in [-0.39, 0.29) is 24.8 Å². The van der Waals surface area contributed by atoms with Gasteiger partial charge in [-0.15, -0.1) is 0 Å². The molecule has 0 spiro atoms. The molecule has 190 valence electrons. The summed E-state index contributed by atoms with van der Waals surface area (Å²) in [5.74, 6) is -0.0242. The van der Waals surface area contributed by atoms with Crippen LogP contribution in [0.3, 0.4) is 0 Å². The molecule has 1 aromatic carbocycles. The van der Waals surface area contributed by atoms with Crippen LogP contribution in [-0.2, 0) is 24.3 Å². The molecule has 0 unspecified atom stereocenters. The molecule has 9 nitrogen and oxygen atoms in total. The Morgan fingerprint density at radius 3 is 1.76 bits per heavy atom. The monoisotopic (exact) mass is 494 g/mol. The van der Waals surface area contributed by atoms with Crippen molar-refractivity contribution in [2.75, 3.05) is 65.6 Å². The number of piperazine rings is 1. The van der Waals surface area contributed by atoms with E-state index < -0.39 is 10.0 Å². The molecule has 2 amide bonds. The van der Waals surface area contributed by atoms with E-state index >= 15 is 0 Å². The first-order valence-electron chi connectivity index (χ1n) is 11.9. The molecule has 0 saturated carbocycles. The van der Waals surface area contributed by atoms with Gasteiger partial charge in [-0.05, 0) is 62.4 Å². The summed E-state index contributed by atoms with van der Waals surface area (Å²) in [6, 6.07) is 0. The molecule has 0 radical (unpaired) electrons. The van der Waals surface area contributed by atoms with Gasteiger partial charge in [0.05, 0.1) is 24.7 Å². The first-order chi connectivity index (χ1) is 16.0. The third-order valence-electron chi connectivity index (χ3n) is 7.28. The van der Waals surface area contributed by atoms with Gasteiger partial charge < -0.3 is 14.5 Å². The van der Waals surface area contributed by atoms with Gasteiger partial charge in [0.15, 0.2) is 0 Å². The predicted molar refractivity (Wildman–Crippen MR) is 130 cm³/mol. The average molecular weight is 495 g/mol. The van der Waals surface area contributed by atoms with Gasteiger partial charge >= 0.3 is 0 Å². The molecule has 10 heteroatoms. The highest BCUT2D eigenvalue weighted by atomic mass is 32.2. The van der Waals surface area contributed by atoms with E-state index in [0.29, 0.717) is 50.8 Å². The summed E-state index contributed by atoms with van der Waals surface area (Å²) in [5.41, 5.74) is 4.54. The number of sulfonamides is 1. The lowest BCUT2D eigenvalue weighted by atomic mass is 9.95. The van der Waals surface area contributed by atoms with Crippen LogP contribution in [0.5, 0.6) is 0 Å². The minimum Gasteiger partial charge on any atom is -0.379 e. The second-order valence-electron chi connectivity index (χ2n) is 9.25. The Labute approximate surface area is 203 Å². The highest BCUT2D eigenvalue weighted by molar-refractivity contribution is 7.89. The maximum absolute atomic E-state index is 13.0. The molecule has 1 aromatic rings. The number of carbonyl (C=O) groups is 2. The van der Waals surface area contributed by atoms with Crippen molar-refractivity contribution in [3.8, 4) is 0 Å². The Balaban J connectivity index is 1.49. The molecule has 2 saturated heterocycles. The van der Waals surface area contributed by atoms with Crippen molar-refractivity contribution in [1.82, 2.24) is 19.4 Å². The van der Waals surface area contributed by atoms with Crippen LogP contribution in [0.4, 0.5) is 0 Å². The third-order valence-corrected chi connectivity index (χ3v) is 9.01. The average Bonchev–Trinajstić information content (AvgIpc) is 2.82. The summed E-state index contributed by atoms with van der Waals surface area (Å²) in [4.78, 5) is 31.1. The van der Waals surface area contributed by atoms with Gasteiger partial charge in [0.1, 0.15) is 0 Å². The normalized spacial score (nSPS) is 17.8. The highest BCUT2D eigenvalue weighted by Gasteiger charge is 2.27. The van der Waals surface area contributed by atoms with Crippen molar-refractivity contribution < 1.29 is 22.7 Å². The van der Waals surface area contributed by atoms with Crippen LogP contribution >= 0.6 is 0 Å². The van der Waals surface area contributed by atoms with Crippen LogP contribution in [0, 0.1) is 34.6 Å². The Morgan fingerprint density at radius 2 is 1.24 bits per heavy atom. The number of benzene rings is 1. The quantitative estimate of drug-likeness (QED) is 0.605. The Kier molecular flexibility index (Phi) is 8.72. The zero-order chi connectivity index (χ0) is 25.0. The van der Waals surface area contributed by atoms with Gasteiger partial charge in [-0.1, -0.05) is 0 Å². The standard InChI is InChI=1S/C24H38N4O5S/c1-17-18(2)20(4)24(21(5)19(17)3)34(31,32)25-7-6-22(29)27-8-10-28(11-9-27)23(30)16-26-12-14-33-15-13-26/h25H,6-16H2,1-5H3. The predicted octanol–water partition coefficient (Wildman–Crippen LogP) is 0.900. The number of amides is 2. The van der Waals surface area contributed by atoms with Crippen molar-refractivity contribution in [1.29, 1.82) is 0 Å². The minimum absolute atomic E-state index is 0.0438. The van der Waals surface area contributed by atoms with Gasteiger partial charge in [0.2, 0.25) is 21.8 Å². The maximum Gasteiger partial charge on any atom is 0.241 e. The number of rotatable bonds is 7. The number of carbonyl (C=O) groups excluding carboxylic acids is 2. The van der Waals surface area contributed by atoms with Crippen molar-refractivity contribution >= 4 is 21.8 Å². The van der Waals surface area contributed by atoms with E-state index in [1.165, 1.54) is 0 Å². The molecule has 0 aromatic heterocycles. The van der Waals surface area contributed by atoms with Crippen LogP contribution in [0.2, 0.25) is 0 Å². The van der Waals surface area contributed by atoms with E-state index in [1.807, 2.05) is 34.6 Å². The summed E-state index contributed by atoms with van der Waals surface area (Å²) in [6.07, 6.45) is 0.0862. The summed E-state index contributed by atoms with van der Waals surface area (Å²) in [7, 11) is -3.73. The van der Waals surface area contributed by atoms with Crippen LogP contribution in [0.15, 0.2) is 4.90 Å². The number of ether oxygens (including phenoxy) is 1. The van der Waals surface area contributed by atoms with Crippen LogP contribution < -0.4 is 4.72 Å². The molecular formula is C24H38N4O5S. The number of nitrogens with zero attached hydrogens (tertiary/aromatic N) is 3. The molecule has 2 heterocycles. The highest BCUT2D eigenvalue weighted by Crippen LogP contribution is 2.29. The Bertz CT molecular complexity index is 997. The fraction of sp³-hybridized carbons (Fsp3) is 0.667. The molecule has 3 rings (SSSR count). The number of hydrogen-bond acceptors (Lipinski definition) is 6. The minimum atomic E-state index is -3.73. The smallest absolute Gasteiger partial charge is 0.241 e. The van der Waals surface area contributed by atoms with Gasteiger partial charge in [0, 0.05) is 52.2 Å². The van der Waals surface area contributed by atoms with E-state index in [2.05, 4.69) is 9.62 Å². The summed E-state index contributed by atoms with van der Waals surface area (Å²) in [6.45, 7) is 14.7. The summed E-state index contributed by atoms with van der Waals surface area (Å²) >= 11 is 0. The molecule has 2 fully saturated rings. The number of nitrogens with one attached hydrogen (secondary N) is 1. The fourth-order valence-corrected chi connectivity index (χ4v) is 6.27. The Hall–Kier alpha value is -2.01. The molecule has 0 atom stereocenters. The molecular weight excluding hydrogens is 456 g/mol. The zero-order valence-electron chi connectivity index (χ0n) is 21.1. The molecule has 34 heavy (non-hydrogen) atoms. The first kappa shape index (κ1) is 26.6. The molecule has 0 bridgehead atoms. The lowest BCUT2D eigenvalue weighted by Gasteiger charge is -2.36. The first-order valence-corrected chi connectivity index (χ1v) is 13.4. The lowest BCUT2D eigenvalue weighted by Crippen LogP contribution is -2.53. The van der Waals surface area contributed by atoms with Crippen LogP contribution in [0.25, 0.3) is 0 Å². The van der Waals surface area contributed by atoms with E-state index in [1.54, 1.807) is 9.80 Å². The zero-order valence-corrected chi connectivity index (χ0v) is 21.9. The van der Waals surface area contributed by atoms with Crippen LogP contribution in [0.1, 0.15) is 34.2 Å². The van der Waals surface area contributed by atoms with Crippen molar-refractivity contribution in [2.45, 2.75) is 45.9 Å². The van der Waals surface area contributed by atoms with Gasteiger partial charge in [-0.3, -0.25) is 14.5 Å². The molecule has 2 aliphatic rings. The number of morpholine rings is 1. The SMILES string of the molecule is Cc1c(C)c(C)c(S(=O)(=O)NCCC(=O)N2CCN(C(=O)CN3CCOCC3)CC2)c(C)c1C. The van der Waals surface area contributed by atoms with Crippen molar-refractivity contribution in [3.05, 3.63) is 27.8 Å².